The Morgan fingerprint density at radius 1 is 1.29 bits per heavy atom. The lowest BCUT2D eigenvalue weighted by atomic mass is 10.3. The van der Waals surface area contributed by atoms with Crippen molar-refractivity contribution in [3.63, 3.8) is 0 Å². The van der Waals surface area contributed by atoms with Gasteiger partial charge in [0.2, 0.25) is 5.88 Å². The molecule has 0 amide bonds. The molecule has 0 aromatic carbocycles. The highest BCUT2D eigenvalue weighted by molar-refractivity contribution is 5.34. The van der Waals surface area contributed by atoms with Gasteiger partial charge in [-0.1, -0.05) is 0 Å². The highest BCUT2D eigenvalue weighted by atomic mass is 16.5. The second-order valence-electron chi connectivity index (χ2n) is 3.73. The van der Waals surface area contributed by atoms with Crippen LogP contribution in [0.4, 0.5) is 0 Å². The molecule has 0 atom stereocenters. The Balaban J connectivity index is 2.25. The lowest BCUT2D eigenvalue weighted by molar-refractivity contribution is 0.275. The SMILES string of the molecule is Cc1nn(C)c(C)c1Oc1cnc(CO)cn1. The summed E-state index contributed by atoms with van der Waals surface area (Å²) in [4.78, 5) is 8.05. The van der Waals surface area contributed by atoms with Gasteiger partial charge >= 0.3 is 0 Å². The molecule has 2 aromatic heterocycles. The average molecular weight is 234 g/mol. The van der Waals surface area contributed by atoms with E-state index in [4.69, 9.17) is 9.84 Å². The molecule has 0 fully saturated rings. The van der Waals surface area contributed by atoms with Gasteiger partial charge in [0.1, 0.15) is 5.69 Å². The van der Waals surface area contributed by atoms with Crippen LogP contribution in [0.3, 0.4) is 0 Å². The first kappa shape index (κ1) is 11.5. The maximum absolute atomic E-state index is 8.85. The molecular formula is C11H14N4O2. The van der Waals surface area contributed by atoms with Crippen LogP contribution in [0, 0.1) is 13.8 Å². The minimum absolute atomic E-state index is 0.127. The van der Waals surface area contributed by atoms with Crippen molar-refractivity contribution in [3.8, 4) is 11.6 Å². The van der Waals surface area contributed by atoms with Crippen LogP contribution < -0.4 is 4.74 Å². The molecule has 0 aliphatic rings. The lowest BCUT2D eigenvalue weighted by Gasteiger charge is -2.04. The molecule has 0 saturated heterocycles. The summed E-state index contributed by atoms with van der Waals surface area (Å²) < 4.78 is 7.37. The van der Waals surface area contributed by atoms with Crippen molar-refractivity contribution in [3.05, 3.63) is 29.5 Å². The molecule has 0 bridgehead atoms. The summed E-state index contributed by atoms with van der Waals surface area (Å²) >= 11 is 0. The topological polar surface area (TPSA) is 73.1 Å². The van der Waals surface area contributed by atoms with Gasteiger partial charge in [0.05, 0.1) is 30.4 Å². The summed E-state index contributed by atoms with van der Waals surface area (Å²) in [6, 6.07) is 0. The van der Waals surface area contributed by atoms with E-state index >= 15 is 0 Å². The molecule has 2 heterocycles. The number of aliphatic hydroxyl groups is 1. The minimum atomic E-state index is -0.127. The molecule has 2 rings (SSSR count). The van der Waals surface area contributed by atoms with Crippen molar-refractivity contribution >= 4 is 0 Å². The summed E-state index contributed by atoms with van der Waals surface area (Å²) in [6.45, 7) is 3.67. The van der Waals surface area contributed by atoms with Crippen molar-refractivity contribution in [2.45, 2.75) is 20.5 Å². The van der Waals surface area contributed by atoms with Crippen LogP contribution in [-0.4, -0.2) is 24.9 Å². The van der Waals surface area contributed by atoms with Gasteiger partial charge < -0.3 is 9.84 Å². The summed E-state index contributed by atoms with van der Waals surface area (Å²) in [6.07, 6.45) is 2.97. The molecule has 0 aliphatic carbocycles. The zero-order valence-corrected chi connectivity index (χ0v) is 10.0. The summed E-state index contributed by atoms with van der Waals surface area (Å²) in [7, 11) is 1.86. The molecule has 17 heavy (non-hydrogen) atoms. The van der Waals surface area contributed by atoms with Crippen LogP contribution in [0.25, 0.3) is 0 Å². The fraction of sp³-hybridized carbons (Fsp3) is 0.364. The van der Waals surface area contributed by atoms with Crippen LogP contribution in [0.1, 0.15) is 17.1 Å². The van der Waals surface area contributed by atoms with Crippen LogP contribution in [0.2, 0.25) is 0 Å². The smallest absolute Gasteiger partial charge is 0.238 e. The Hall–Kier alpha value is -1.95. The second kappa shape index (κ2) is 4.50. The van der Waals surface area contributed by atoms with Crippen molar-refractivity contribution in [1.29, 1.82) is 0 Å². The van der Waals surface area contributed by atoms with Gasteiger partial charge in [0.25, 0.3) is 0 Å². The van der Waals surface area contributed by atoms with Gasteiger partial charge in [0.15, 0.2) is 5.75 Å². The van der Waals surface area contributed by atoms with E-state index in [-0.39, 0.29) is 6.61 Å². The van der Waals surface area contributed by atoms with Gasteiger partial charge in [-0.15, -0.1) is 0 Å². The van der Waals surface area contributed by atoms with E-state index in [0.29, 0.717) is 17.3 Å². The standard InChI is InChI=1S/C11H14N4O2/c1-7-11(8(2)15(3)14-7)17-10-5-12-9(6-16)4-13-10/h4-5,16H,6H2,1-3H3. The van der Waals surface area contributed by atoms with Crippen LogP contribution in [-0.2, 0) is 13.7 Å². The number of aromatic nitrogens is 4. The van der Waals surface area contributed by atoms with E-state index in [1.165, 1.54) is 12.4 Å². The van der Waals surface area contributed by atoms with Gasteiger partial charge in [-0.3, -0.25) is 9.67 Å². The van der Waals surface area contributed by atoms with Crippen LogP contribution in [0.5, 0.6) is 11.6 Å². The van der Waals surface area contributed by atoms with E-state index < -0.39 is 0 Å². The number of ether oxygens (including phenoxy) is 1. The number of rotatable bonds is 3. The first-order valence-electron chi connectivity index (χ1n) is 5.21. The number of aliphatic hydroxyl groups excluding tert-OH is 1. The lowest BCUT2D eigenvalue weighted by Crippen LogP contribution is -1.95. The Bertz CT molecular complexity index is 519. The minimum Gasteiger partial charge on any atom is -0.434 e. The van der Waals surface area contributed by atoms with Crippen molar-refractivity contribution in [1.82, 2.24) is 19.7 Å². The van der Waals surface area contributed by atoms with Gasteiger partial charge in [-0.2, -0.15) is 5.10 Å². The average Bonchev–Trinajstić information content (AvgIpc) is 2.57. The van der Waals surface area contributed by atoms with Crippen LogP contribution >= 0.6 is 0 Å². The molecule has 6 heteroatoms. The third kappa shape index (κ3) is 2.26. The molecule has 6 nitrogen and oxygen atoms in total. The summed E-state index contributed by atoms with van der Waals surface area (Å²) in [5.74, 6) is 1.08. The molecule has 1 N–H and O–H groups in total. The Kier molecular flexibility index (Phi) is 3.06. The monoisotopic (exact) mass is 234 g/mol. The number of nitrogens with zero attached hydrogens (tertiary/aromatic N) is 4. The first-order valence-corrected chi connectivity index (χ1v) is 5.21. The largest absolute Gasteiger partial charge is 0.434 e. The molecule has 90 valence electrons. The molecule has 0 unspecified atom stereocenters. The second-order valence-corrected chi connectivity index (χ2v) is 3.73. The molecule has 0 radical (unpaired) electrons. The summed E-state index contributed by atoms with van der Waals surface area (Å²) in [5, 5.41) is 13.1. The first-order chi connectivity index (χ1) is 8.11. The van der Waals surface area contributed by atoms with E-state index in [1.54, 1.807) is 4.68 Å². The van der Waals surface area contributed by atoms with Gasteiger partial charge in [-0.05, 0) is 13.8 Å². The Morgan fingerprint density at radius 2 is 2.06 bits per heavy atom. The van der Waals surface area contributed by atoms with Crippen molar-refractivity contribution in [2.24, 2.45) is 7.05 Å². The molecule has 2 aromatic rings. The zero-order valence-electron chi connectivity index (χ0n) is 10.0. The Morgan fingerprint density at radius 3 is 2.53 bits per heavy atom. The fourth-order valence-corrected chi connectivity index (χ4v) is 1.48. The predicted molar refractivity (Wildman–Crippen MR) is 60.7 cm³/mol. The van der Waals surface area contributed by atoms with Crippen molar-refractivity contribution < 1.29 is 9.84 Å². The third-order valence-electron chi connectivity index (χ3n) is 2.49. The normalized spacial score (nSPS) is 10.6. The molecule has 0 aliphatic heterocycles. The fourth-order valence-electron chi connectivity index (χ4n) is 1.48. The van der Waals surface area contributed by atoms with E-state index in [1.807, 2.05) is 20.9 Å². The highest BCUT2D eigenvalue weighted by Gasteiger charge is 2.12. The summed E-state index contributed by atoms with van der Waals surface area (Å²) in [5.41, 5.74) is 2.24. The molecule has 0 saturated carbocycles. The maximum Gasteiger partial charge on any atom is 0.238 e. The number of aryl methyl sites for hydroxylation is 2. The van der Waals surface area contributed by atoms with E-state index in [2.05, 4.69) is 15.1 Å². The van der Waals surface area contributed by atoms with Gasteiger partial charge in [0, 0.05) is 7.05 Å². The quantitative estimate of drug-likeness (QED) is 0.861. The van der Waals surface area contributed by atoms with Crippen molar-refractivity contribution in [2.75, 3.05) is 0 Å². The number of hydrogen-bond acceptors (Lipinski definition) is 5. The van der Waals surface area contributed by atoms with E-state index in [0.717, 1.165) is 11.4 Å². The highest BCUT2D eigenvalue weighted by Crippen LogP contribution is 2.26. The molecular weight excluding hydrogens is 220 g/mol. The maximum atomic E-state index is 8.85. The third-order valence-corrected chi connectivity index (χ3v) is 2.49. The van der Waals surface area contributed by atoms with E-state index in [9.17, 15) is 0 Å². The predicted octanol–water partition coefficient (Wildman–Crippen LogP) is 1.11. The molecule has 0 spiro atoms. The van der Waals surface area contributed by atoms with Gasteiger partial charge in [-0.25, -0.2) is 4.98 Å². The zero-order chi connectivity index (χ0) is 12.4. The number of hydrogen-bond donors (Lipinski definition) is 1. The Labute approximate surface area is 98.9 Å². The van der Waals surface area contributed by atoms with Crippen LogP contribution in [0.15, 0.2) is 12.4 Å².